The Bertz CT molecular complexity index is 531. The maximum Gasteiger partial charge on any atom is 0.0314 e. The van der Waals surface area contributed by atoms with E-state index in [9.17, 15) is 0 Å². The Morgan fingerprint density at radius 3 is 2.30 bits per heavy atom. The zero-order valence-corrected chi connectivity index (χ0v) is 12.5. The van der Waals surface area contributed by atoms with Crippen molar-refractivity contribution in [2.75, 3.05) is 12.3 Å². The van der Waals surface area contributed by atoms with Crippen LogP contribution in [-0.4, -0.2) is 11.4 Å². The number of nitrogens with zero attached hydrogens (tertiary/aromatic N) is 1. The van der Waals surface area contributed by atoms with Crippen LogP contribution >= 0.6 is 0 Å². The smallest absolute Gasteiger partial charge is 0.0314 e. The summed E-state index contributed by atoms with van der Waals surface area (Å²) in [6.45, 7) is 7.50. The molecular weight excluding hydrogens is 244 g/mol. The Morgan fingerprint density at radius 1 is 0.950 bits per heavy atom. The van der Waals surface area contributed by atoms with Crippen molar-refractivity contribution in [2.24, 2.45) is 0 Å². The molecule has 0 amide bonds. The molecule has 0 spiro atoms. The first-order valence-corrected chi connectivity index (χ1v) is 7.30. The standard InChI is InChI=1S/C18H24N2/c1-3-12-20(13-16-8-10-18(19)11-9-16)14-17-7-5-4-6-15(17)2/h4-11H,3,12-14,19H2,1-2H3. The van der Waals surface area contributed by atoms with Crippen LogP contribution in [0, 0.1) is 6.92 Å². The van der Waals surface area contributed by atoms with Crippen molar-refractivity contribution in [3.63, 3.8) is 0 Å². The topological polar surface area (TPSA) is 29.3 Å². The molecule has 0 aliphatic carbocycles. The van der Waals surface area contributed by atoms with E-state index in [1.807, 2.05) is 12.1 Å². The first-order chi connectivity index (χ1) is 9.69. The second kappa shape index (κ2) is 7.11. The Morgan fingerprint density at radius 2 is 1.65 bits per heavy atom. The van der Waals surface area contributed by atoms with Crippen LogP contribution in [0.1, 0.15) is 30.0 Å². The van der Waals surface area contributed by atoms with Gasteiger partial charge in [-0.3, -0.25) is 4.90 Å². The van der Waals surface area contributed by atoms with E-state index in [1.165, 1.54) is 23.1 Å². The second-order valence-electron chi connectivity index (χ2n) is 5.38. The average Bonchev–Trinajstić information content (AvgIpc) is 2.44. The third-order valence-corrected chi connectivity index (χ3v) is 3.58. The van der Waals surface area contributed by atoms with Gasteiger partial charge in [0.05, 0.1) is 0 Å². The van der Waals surface area contributed by atoms with Crippen molar-refractivity contribution in [1.29, 1.82) is 0 Å². The summed E-state index contributed by atoms with van der Waals surface area (Å²) >= 11 is 0. The second-order valence-corrected chi connectivity index (χ2v) is 5.38. The Hall–Kier alpha value is -1.80. The highest BCUT2D eigenvalue weighted by Gasteiger charge is 2.07. The normalized spacial score (nSPS) is 10.9. The van der Waals surface area contributed by atoms with Crippen LogP contribution in [0.25, 0.3) is 0 Å². The highest BCUT2D eigenvalue weighted by atomic mass is 15.1. The molecule has 0 fully saturated rings. The quantitative estimate of drug-likeness (QED) is 0.803. The molecule has 0 aliphatic heterocycles. The van der Waals surface area contributed by atoms with Crippen LogP contribution in [-0.2, 0) is 13.1 Å². The first kappa shape index (κ1) is 14.6. The lowest BCUT2D eigenvalue weighted by molar-refractivity contribution is 0.257. The van der Waals surface area contributed by atoms with Gasteiger partial charge in [-0.2, -0.15) is 0 Å². The molecule has 0 aliphatic rings. The molecule has 0 atom stereocenters. The van der Waals surface area contributed by atoms with Crippen LogP contribution in [0.2, 0.25) is 0 Å². The Kier molecular flexibility index (Phi) is 5.19. The minimum atomic E-state index is 0.828. The summed E-state index contributed by atoms with van der Waals surface area (Å²) < 4.78 is 0. The lowest BCUT2D eigenvalue weighted by Gasteiger charge is -2.23. The largest absolute Gasteiger partial charge is 0.399 e. The van der Waals surface area contributed by atoms with Gasteiger partial charge in [-0.25, -0.2) is 0 Å². The zero-order valence-electron chi connectivity index (χ0n) is 12.5. The van der Waals surface area contributed by atoms with E-state index in [-0.39, 0.29) is 0 Å². The molecule has 106 valence electrons. The molecule has 2 aromatic carbocycles. The number of aryl methyl sites for hydroxylation is 1. The van der Waals surface area contributed by atoms with Crippen LogP contribution in [0.3, 0.4) is 0 Å². The van der Waals surface area contributed by atoms with Gasteiger partial charge in [0.1, 0.15) is 0 Å². The van der Waals surface area contributed by atoms with Gasteiger partial charge in [-0.05, 0) is 48.7 Å². The summed E-state index contributed by atoms with van der Waals surface area (Å²) in [5.41, 5.74) is 10.7. The van der Waals surface area contributed by atoms with Crippen LogP contribution < -0.4 is 5.73 Å². The van der Waals surface area contributed by atoms with Gasteiger partial charge in [-0.15, -0.1) is 0 Å². The van der Waals surface area contributed by atoms with Crippen molar-refractivity contribution in [3.05, 3.63) is 65.2 Å². The fraction of sp³-hybridized carbons (Fsp3) is 0.333. The Labute approximate surface area is 122 Å². The maximum atomic E-state index is 5.75. The summed E-state index contributed by atoms with van der Waals surface area (Å²) in [6, 6.07) is 16.8. The molecule has 2 aromatic rings. The predicted octanol–water partition coefficient (Wildman–Crippen LogP) is 3.99. The van der Waals surface area contributed by atoms with Crippen LogP contribution in [0.5, 0.6) is 0 Å². The summed E-state index contributed by atoms with van der Waals surface area (Å²) in [4.78, 5) is 2.49. The fourth-order valence-electron chi connectivity index (χ4n) is 2.44. The molecule has 0 aromatic heterocycles. The van der Waals surface area contributed by atoms with E-state index in [1.54, 1.807) is 0 Å². The third kappa shape index (κ3) is 4.10. The minimum absolute atomic E-state index is 0.828. The molecule has 0 bridgehead atoms. The SMILES string of the molecule is CCCN(Cc1ccc(N)cc1)Cc1ccccc1C. The molecule has 0 radical (unpaired) electrons. The van der Waals surface area contributed by atoms with Gasteiger partial charge in [0.15, 0.2) is 0 Å². The summed E-state index contributed by atoms with van der Waals surface area (Å²) in [5, 5.41) is 0. The van der Waals surface area contributed by atoms with E-state index in [0.717, 1.165) is 25.3 Å². The molecule has 20 heavy (non-hydrogen) atoms. The minimum Gasteiger partial charge on any atom is -0.399 e. The predicted molar refractivity (Wildman–Crippen MR) is 86.4 cm³/mol. The monoisotopic (exact) mass is 268 g/mol. The van der Waals surface area contributed by atoms with E-state index in [2.05, 4.69) is 55.1 Å². The molecule has 2 N–H and O–H groups in total. The molecule has 2 rings (SSSR count). The highest BCUT2D eigenvalue weighted by Crippen LogP contribution is 2.14. The fourth-order valence-corrected chi connectivity index (χ4v) is 2.44. The highest BCUT2D eigenvalue weighted by molar-refractivity contribution is 5.39. The van der Waals surface area contributed by atoms with Crippen molar-refractivity contribution < 1.29 is 0 Å². The molecule has 0 heterocycles. The molecule has 0 saturated carbocycles. The lowest BCUT2D eigenvalue weighted by Crippen LogP contribution is -2.24. The molecule has 0 saturated heterocycles. The number of nitrogen functional groups attached to an aromatic ring is 1. The first-order valence-electron chi connectivity index (χ1n) is 7.30. The Balaban J connectivity index is 2.07. The van der Waals surface area contributed by atoms with E-state index in [0.29, 0.717) is 0 Å². The molecule has 2 heteroatoms. The van der Waals surface area contributed by atoms with Crippen LogP contribution in [0.15, 0.2) is 48.5 Å². The van der Waals surface area contributed by atoms with Gasteiger partial charge < -0.3 is 5.73 Å². The molecule has 2 nitrogen and oxygen atoms in total. The maximum absolute atomic E-state index is 5.75. The van der Waals surface area contributed by atoms with Crippen molar-refractivity contribution >= 4 is 5.69 Å². The van der Waals surface area contributed by atoms with Gasteiger partial charge >= 0.3 is 0 Å². The number of rotatable bonds is 6. The van der Waals surface area contributed by atoms with Gasteiger partial charge in [-0.1, -0.05) is 43.3 Å². The lowest BCUT2D eigenvalue weighted by atomic mass is 10.1. The van der Waals surface area contributed by atoms with E-state index < -0.39 is 0 Å². The average molecular weight is 268 g/mol. The number of hydrogen-bond donors (Lipinski definition) is 1. The number of anilines is 1. The zero-order chi connectivity index (χ0) is 14.4. The van der Waals surface area contributed by atoms with E-state index >= 15 is 0 Å². The van der Waals surface area contributed by atoms with Gasteiger partial charge in [0, 0.05) is 18.8 Å². The number of benzene rings is 2. The van der Waals surface area contributed by atoms with Gasteiger partial charge in [0.25, 0.3) is 0 Å². The summed E-state index contributed by atoms with van der Waals surface area (Å²) in [5.74, 6) is 0. The summed E-state index contributed by atoms with van der Waals surface area (Å²) in [7, 11) is 0. The van der Waals surface area contributed by atoms with Crippen molar-refractivity contribution in [1.82, 2.24) is 4.90 Å². The number of hydrogen-bond acceptors (Lipinski definition) is 2. The van der Waals surface area contributed by atoms with Crippen molar-refractivity contribution in [3.8, 4) is 0 Å². The molecule has 0 unspecified atom stereocenters. The van der Waals surface area contributed by atoms with Crippen molar-refractivity contribution in [2.45, 2.75) is 33.4 Å². The van der Waals surface area contributed by atoms with E-state index in [4.69, 9.17) is 5.73 Å². The third-order valence-electron chi connectivity index (χ3n) is 3.58. The number of nitrogens with two attached hydrogens (primary N) is 1. The molecular formula is C18H24N2. The van der Waals surface area contributed by atoms with Crippen LogP contribution in [0.4, 0.5) is 5.69 Å². The van der Waals surface area contributed by atoms with Gasteiger partial charge in [0.2, 0.25) is 0 Å². The summed E-state index contributed by atoms with van der Waals surface area (Å²) in [6.07, 6.45) is 1.17.